The van der Waals surface area contributed by atoms with Gasteiger partial charge < -0.3 is 19.9 Å². The van der Waals surface area contributed by atoms with Gasteiger partial charge in [0, 0.05) is 68.9 Å². The molecule has 0 spiro atoms. The topological polar surface area (TPSA) is 83.5 Å². The van der Waals surface area contributed by atoms with Gasteiger partial charge >= 0.3 is 0 Å². The molecule has 1 amide bonds. The normalized spacial score (nSPS) is 17.7. The predicted molar refractivity (Wildman–Crippen MR) is 138 cm³/mol. The first kappa shape index (κ1) is 24.4. The first-order valence-corrected chi connectivity index (χ1v) is 11.9. The Labute approximate surface area is 207 Å². The molecule has 1 atom stereocenters. The van der Waals surface area contributed by atoms with Crippen molar-refractivity contribution in [2.75, 3.05) is 44.5 Å². The van der Waals surface area contributed by atoms with Crippen molar-refractivity contribution in [1.82, 2.24) is 19.9 Å². The Bertz CT molecular complexity index is 1180. The molecule has 184 valence electrons. The maximum Gasteiger partial charge on any atom is 0.253 e. The molecule has 0 radical (unpaired) electrons. The van der Waals surface area contributed by atoms with Crippen LogP contribution in [-0.4, -0.2) is 60.1 Å². The van der Waals surface area contributed by atoms with Gasteiger partial charge in [-0.05, 0) is 49.6 Å². The molecule has 1 fully saturated rings. The average molecular weight is 475 g/mol. The highest BCUT2D eigenvalue weighted by molar-refractivity contribution is 5.95. The maximum atomic E-state index is 13.6. The number of amides is 1. The maximum absolute atomic E-state index is 13.6. The quantitative estimate of drug-likeness (QED) is 0.553. The molecule has 3 heterocycles. The number of aromatic nitrogens is 3. The van der Waals surface area contributed by atoms with Gasteiger partial charge in [0.1, 0.15) is 17.4 Å². The number of hydrogen-bond acceptors (Lipinski definition) is 7. The van der Waals surface area contributed by atoms with E-state index in [0.717, 1.165) is 41.4 Å². The summed E-state index contributed by atoms with van der Waals surface area (Å²) >= 11 is 0. The second-order valence-corrected chi connectivity index (χ2v) is 9.61. The van der Waals surface area contributed by atoms with Crippen molar-refractivity contribution >= 4 is 17.4 Å². The van der Waals surface area contributed by atoms with E-state index in [0.29, 0.717) is 30.9 Å². The molecule has 2 aromatic heterocycles. The largest absolute Gasteiger partial charge is 0.495 e. The number of piperidine rings is 1. The van der Waals surface area contributed by atoms with E-state index in [4.69, 9.17) is 14.7 Å². The Hall–Kier alpha value is -3.68. The summed E-state index contributed by atoms with van der Waals surface area (Å²) < 4.78 is 5.52. The summed E-state index contributed by atoms with van der Waals surface area (Å²) in [5.41, 5.74) is 3.08. The molecule has 0 saturated carbocycles. The number of rotatable bonds is 7. The first-order valence-electron chi connectivity index (χ1n) is 11.9. The van der Waals surface area contributed by atoms with Gasteiger partial charge in [0.15, 0.2) is 0 Å². The van der Waals surface area contributed by atoms with Crippen molar-refractivity contribution in [1.29, 1.82) is 0 Å². The third-order valence-electron chi connectivity index (χ3n) is 6.47. The van der Waals surface area contributed by atoms with Crippen LogP contribution in [0, 0.1) is 6.92 Å². The molecule has 0 bridgehead atoms. The molecule has 0 unspecified atom stereocenters. The summed E-state index contributed by atoms with van der Waals surface area (Å²) in [5, 5.41) is 3.38. The minimum Gasteiger partial charge on any atom is -0.495 e. The van der Waals surface area contributed by atoms with Crippen LogP contribution in [0.5, 0.6) is 5.75 Å². The summed E-state index contributed by atoms with van der Waals surface area (Å²) in [5.74, 6) is 2.38. The Morgan fingerprint density at radius 3 is 2.77 bits per heavy atom. The van der Waals surface area contributed by atoms with Crippen LogP contribution in [0.2, 0.25) is 0 Å². The fourth-order valence-electron chi connectivity index (χ4n) is 4.51. The number of pyridine rings is 1. The summed E-state index contributed by atoms with van der Waals surface area (Å²) in [6.45, 7) is 6.03. The fraction of sp³-hybridized carbons (Fsp3) is 0.407. The number of nitrogens with zero attached hydrogens (tertiary/aromatic N) is 5. The number of methoxy groups -OCH3 is 1. The highest BCUT2D eigenvalue weighted by Gasteiger charge is 2.37. The van der Waals surface area contributed by atoms with Crippen molar-refractivity contribution in [3.8, 4) is 5.75 Å². The third kappa shape index (κ3) is 5.53. The lowest BCUT2D eigenvalue weighted by molar-refractivity contribution is 0.0644. The van der Waals surface area contributed by atoms with E-state index in [1.165, 1.54) is 0 Å². The lowest BCUT2D eigenvalue weighted by Gasteiger charge is -2.39. The van der Waals surface area contributed by atoms with E-state index in [9.17, 15) is 4.79 Å². The number of carbonyl (C=O) groups excluding carboxylic acids is 1. The second kappa shape index (κ2) is 10.3. The van der Waals surface area contributed by atoms with Gasteiger partial charge in [-0.1, -0.05) is 13.0 Å². The standard InChI is InChI=1S/C27H34N6O2/c1-19-14-24(32(3)4)31-26(30-19)27(2)11-7-13-33(18-27)25(34)21-9-10-23(35-5)22(15-21)29-17-20-8-6-12-28-16-20/h6,8-10,12,14-16,29H,7,11,13,17-18H2,1-5H3/t27-/m0/s1. The van der Waals surface area contributed by atoms with E-state index < -0.39 is 0 Å². The first-order chi connectivity index (χ1) is 16.8. The molecular weight excluding hydrogens is 440 g/mol. The van der Waals surface area contributed by atoms with Crippen molar-refractivity contribution in [3.05, 3.63) is 71.4 Å². The molecule has 4 rings (SSSR count). The molecule has 0 aliphatic carbocycles. The van der Waals surface area contributed by atoms with Crippen LogP contribution in [0.4, 0.5) is 11.5 Å². The summed E-state index contributed by atoms with van der Waals surface area (Å²) in [6, 6.07) is 11.4. The van der Waals surface area contributed by atoms with Crippen LogP contribution in [0.3, 0.4) is 0 Å². The van der Waals surface area contributed by atoms with Crippen molar-refractivity contribution < 1.29 is 9.53 Å². The lowest BCUT2D eigenvalue weighted by atomic mass is 9.80. The molecule has 8 heteroatoms. The van der Waals surface area contributed by atoms with Gasteiger partial charge in [-0.15, -0.1) is 0 Å². The lowest BCUT2D eigenvalue weighted by Crippen LogP contribution is -2.48. The van der Waals surface area contributed by atoms with Gasteiger partial charge in [0.05, 0.1) is 12.8 Å². The number of carbonyl (C=O) groups is 1. The highest BCUT2D eigenvalue weighted by Crippen LogP contribution is 2.34. The summed E-state index contributed by atoms with van der Waals surface area (Å²) in [4.78, 5) is 31.3. The zero-order valence-corrected chi connectivity index (χ0v) is 21.2. The van der Waals surface area contributed by atoms with Gasteiger partial charge in [-0.3, -0.25) is 9.78 Å². The monoisotopic (exact) mass is 474 g/mol. The second-order valence-electron chi connectivity index (χ2n) is 9.61. The Morgan fingerprint density at radius 2 is 2.06 bits per heavy atom. The predicted octanol–water partition coefficient (Wildman–Crippen LogP) is 4.06. The van der Waals surface area contributed by atoms with E-state index in [2.05, 4.69) is 17.2 Å². The van der Waals surface area contributed by atoms with Crippen LogP contribution in [0.1, 0.15) is 47.2 Å². The van der Waals surface area contributed by atoms with Gasteiger partial charge in [0.25, 0.3) is 5.91 Å². The Kier molecular flexibility index (Phi) is 7.19. The number of anilines is 2. The van der Waals surface area contributed by atoms with Crippen LogP contribution < -0.4 is 15.0 Å². The number of ether oxygens (including phenoxy) is 1. The number of benzene rings is 1. The molecule has 8 nitrogen and oxygen atoms in total. The highest BCUT2D eigenvalue weighted by atomic mass is 16.5. The fourth-order valence-corrected chi connectivity index (χ4v) is 4.51. The van der Waals surface area contributed by atoms with E-state index in [1.807, 2.05) is 73.4 Å². The van der Waals surface area contributed by atoms with Crippen LogP contribution in [0.15, 0.2) is 48.8 Å². The summed E-state index contributed by atoms with van der Waals surface area (Å²) in [6.07, 6.45) is 5.41. The molecule has 1 N–H and O–H groups in total. The average Bonchev–Trinajstić information content (AvgIpc) is 2.87. The Morgan fingerprint density at radius 1 is 1.23 bits per heavy atom. The number of aryl methyl sites for hydroxylation is 1. The van der Waals surface area contributed by atoms with Crippen LogP contribution in [-0.2, 0) is 12.0 Å². The van der Waals surface area contributed by atoms with E-state index >= 15 is 0 Å². The zero-order chi connectivity index (χ0) is 25.0. The third-order valence-corrected chi connectivity index (χ3v) is 6.47. The molecular formula is C27H34N6O2. The van der Waals surface area contributed by atoms with Crippen LogP contribution in [0.25, 0.3) is 0 Å². The van der Waals surface area contributed by atoms with E-state index in [-0.39, 0.29) is 11.3 Å². The molecule has 1 aliphatic heterocycles. The summed E-state index contributed by atoms with van der Waals surface area (Å²) in [7, 11) is 5.59. The molecule has 35 heavy (non-hydrogen) atoms. The molecule has 3 aromatic rings. The SMILES string of the molecule is COc1ccc(C(=O)N2CCC[C@](C)(c3nc(C)cc(N(C)C)n3)C2)cc1NCc1cccnc1. The molecule has 1 aliphatic rings. The minimum atomic E-state index is -0.307. The minimum absolute atomic E-state index is 0.00323. The van der Waals surface area contributed by atoms with Crippen molar-refractivity contribution in [2.24, 2.45) is 0 Å². The molecule has 1 aromatic carbocycles. The number of likely N-dealkylation sites (tertiary alicyclic amines) is 1. The van der Waals surface area contributed by atoms with Crippen LogP contribution >= 0.6 is 0 Å². The van der Waals surface area contributed by atoms with Gasteiger partial charge in [-0.25, -0.2) is 9.97 Å². The van der Waals surface area contributed by atoms with Crippen molar-refractivity contribution in [2.45, 2.75) is 38.6 Å². The smallest absolute Gasteiger partial charge is 0.253 e. The number of nitrogens with one attached hydrogen (secondary N) is 1. The number of hydrogen-bond donors (Lipinski definition) is 1. The van der Waals surface area contributed by atoms with Gasteiger partial charge in [-0.2, -0.15) is 0 Å². The van der Waals surface area contributed by atoms with Crippen molar-refractivity contribution in [3.63, 3.8) is 0 Å². The Balaban J connectivity index is 1.55. The van der Waals surface area contributed by atoms with Gasteiger partial charge in [0.2, 0.25) is 0 Å². The van der Waals surface area contributed by atoms with E-state index in [1.54, 1.807) is 13.3 Å². The zero-order valence-electron chi connectivity index (χ0n) is 21.2. The molecule has 1 saturated heterocycles.